The highest BCUT2D eigenvalue weighted by Gasteiger charge is 2.56. The van der Waals surface area contributed by atoms with E-state index in [1.807, 2.05) is 0 Å². The van der Waals surface area contributed by atoms with Crippen LogP contribution >= 0.6 is 0 Å². The molecule has 0 bridgehead atoms. The first-order valence-electron chi connectivity index (χ1n) is 9.67. The molecule has 4 atom stereocenters. The predicted molar refractivity (Wildman–Crippen MR) is 98.6 cm³/mol. The highest BCUT2D eigenvalue weighted by molar-refractivity contribution is 6.06. The number of nitrogens with zero attached hydrogens (tertiary/aromatic N) is 1. The molecule has 7 heteroatoms. The number of allylic oxidation sites excluding steroid dienone is 1. The standard InChI is InChI=1S/C21H25NO6/c1-11-8-16(27-19(11)24)26-10-15-14-9-12-6-5-7-13(12)17(14)22(18(15)23)20(25)28-21(2,3)4/h7-8,10,12,14,16-17H,5-6,9H2,1-4H3/b15-10+/t12-,14+,16?,17+/m0/s1. The van der Waals surface area contributed by atoms with Crippen molar-refractivity contribution < 1.29 is 28.6 Å². The summed E-state index contributed by atoms with van der Waals surface area (Å²) in [4.78, 5) is 38.6. The fraction of sp³-hybridized carbons (Fsp3) is 0.571. The van der Waals surface area contributed by atoms with E-state index < -0.39 is 29.9 Å². The summed E-state index contributed by atoms with van der Waals surface area (Å²) in [6, 6.07) is -0.312. The number of rotatable bonds is 2. The average molecular weight is 387 g/mol. The smallest absolute Gasteiger partial charge is 0.417 e. The average Bonchev–Trinajstić information content (AvgIpc) is 3.28. The van der Waals surface area contributed by atoms with Gasteiger partial charge in [-0.15, -0.1) is 0 Å². The lowest BCUT2D eigenvalue weighted by atomic mass is 9.96. The second-order valence-corrected chi connectivity index (χ2v) is 8.75. The van der Waals surface area contributed by atoms with Crippen LogP contribution in [0.25, 0.3) is 0 Å². The van der Waals surface area contributed by atoms with Gasteiger partial charge in [-0.2, -0.15) is 0 Å². The number of hydrogen-bond donors (Lipinski definition) is 0. The lowest BCUT2D eigenvalue weighted by molar-refractivity contribution is -0.152. The molecule has 0 aromatic carbocycles. The molecule has 1 unspecified atom stereocenters. The number of esters is 1. The fourth-order valence-electron chi connectivity index (χ4n) is 4.48. The third-order valence-corrected chi connectivity index (χ3v) is 5.62. The first-order chi connectivity index (χ1) is 13.2. The van der Waals surface area contributed by atoms with Crippen LogP contribution in [-0.2, 0) is 23.8 Å². The maximum absolute atomic E-state index is 13.1. The molecule has 150 valence electrons. The Morgan fingerprint density at radius 3 is 2.71 bits per heavy atom. The normalized spacial score (nSPS) is 32.9. The summed E-state index contributed by atoms with van der Waals surface area (Å²) < 4.78 is 16.1. The minimum absolute atomic E-state index is 0.126. The topological polar surface area (TPSA) is 82.1 Å². The number of carbonyl (C=O) groups is 3. The first-order valence-corrected chi connectivity index (χ1v) is 9.67. The van der Waals surface area contributed by atoms with Crippen molar-refractivity contribution in [3.63, 3.8) is 0 Å². The Bertz CT molecular complexity index is 830. The van der Waals surface area contributed by atoms with Gasteiger partial charge in [-0.3, -0.25) is 4.79 Å². The number of ether oxygens (including phenoxy) is 3. The first kappa shape index (κ1) is 18.8. The van der Waals surface area contributed by atoms with Crippen molar-refractivity contribution in [2.45, 2.75) is 64.9 Å². The van der Waals surface area contributed by atoms with Crippen molar-refractivity contribution in [3.8, 4) is 0 Å². The molecule has 0 radical (unpaired) electrons. The van der Waals surface area contributed by atoms with E-state index >= 15 is 0 Å². The van der Waals surface area contributed by atoms with E-state index in [4.69, 9.17) is 14.2 Å². The van der Waals surface area contributed by atoms with Crippen molar-refractivity contribution in [1.29, 1.82) is 0 Å². The largest absolute Gasteiger partial charge is 0.458 e. The van der Waals surface area contributed by atoms with Crippen molar-refractivity contribution in [2.24, 2.45) is 11.8 Å². The van der Waals surface area contributed by atoms with Gasteiger partial charge in [0.2, 0.25) is 0 Å². The molecule has 2 amide bonds. The van der Waals surface area contributed by atoms with Crippen LogP contribution in [0.4, 0.5) is 4.79 Å². The molecule has 7 nitrogen and oxygen atoms in total. The zero-order valence-corrected chi connectivity index (χ0v) is 16.6. The van der Waals surface area contributed by atoms with Crippen molar-refractivity contribution in [1.82, 2.24) is 4.90 Å². The lowest BCUT2D eigenvalue weighted by Gasteiger charge is -2.27. The lowest BCUT2D eigenvalue weighted by Crippen LogP contribution is -2.43. The van der Waals surface area contributed by atoms with Crippen molar-refractivity contribution in [3.05, 3.63) is 35.1 Å². The fourth-order valence-corrected chi connectivity index (χ4v) is 4.48. The van der Waals surface area contributed by atoms with E-state index in [9.17, 15) is 14.4 Å². The Kier molecular flexibility index (Phi) is 4.36. The van der Waals surface area contributed by atoms with Crippen LogP contribution in [0.15, 0.2) is 35.1 Å². The molecule has 2 heterocycles. The summed E-state index contributed by atoms with van der Waals surface area (Å²) in [5.74, 6) is -0.586. The van der Waals surface area contributed by atoms with Gasteiger partial charge in [-0.1, -0.05) is 6.08 Å². The van der Waals surface area contributed by atoms with Gasteiger partial charge >= 0.3 is 12.1 Å². The molecule has 0 spiro atoms. The van der Waals surface area contributed by atoms with Crippen LogP contribution in [0, 0.1) is 11.8 Å². The summed E-state index contributed by atoms with van der Waals surface area (Å²) in [7, 11) is 0. The Morgan fingerprint density at radius 2 is 2.07 bits per heavy atom. The molecule has 0 N–H and O–H groups in total. The summed E-state index contributed by atoms with van der Waals surface area (Å²) in [5.41, 5.74) is 1.35. The Labute approximate surface area is 164 Å². The quantitative estimate of drug-likeness (QED) is 0.313. The molecule has 2 aliphatic carbocycles. The highest BCUT2D eigenvalue weighted by Crippen LogP contribution is 2.52. The number of hydrogen-bond acceptors (Lipinski definition) is 6. The van der Waals surface area contributed by atoms with Gasteiger partial charge in [0.15, 0.2) is 0 Å². The molecule has 1 saturated carbocycles. The maximum atomic E-state index is 13.1. The van der Waals surface area contributed by atoms with Gasteiger partial charge in [0.1, 0.15) is 5.60 Å². The zero-order valence-electron chi connectivity index (χ0n) is 16.6. The van der Waals surface area contributed by atoms with Gasteiger partial charge < -0.3 is 14.2 Å². The molecule has 28 heavy (non-hydrogen) atoms. The van der Waals surface area contributed by atoms with Crippen LogP contribution in [0.5, 0.6) is 0 Å². The third kappa shape index (κ3) is 3.12. The zero-order chi connectivity index (χ0) is 20.2. The van der Waals surface area contributed by atoms with Gasteiger partial charge in [0, 0.05) is 17.6 Å². The summed E-state index contributed by atoms with van der Waals surface area (Å²) in [6.07, 6.45) is 6.40. The van der Waals surface area contributed by atoms with E-state index in [1.165, 1.54) is 11.2 Å². The molecular weight excluding hydrogens is 362 g/mol. The second kappa shape index (κ2) is 6.50. The second-order valence-electron chi connectivity index (χ2n) is 8.75. The van der Waals surface area contributed by atoms with Gasteiger partial charge in [0.25, 0.3) is 12.2 Å². The van der Waals surface area contributed by atoms with Crippen LogP contribution in [0.2, 0.25) is 0 Å². The molecular formula is C21H25NO6. The molecule has 4 rings (SSSR count). The third-order valence-electron chi connectivity index (χ3n) is 5.62. The molecule has 0 aromatic rings. The number of imide groups is 1. The van der Waals surface area contributed by atoms with E-state index in [0.29, 0.717) is 17.1 Å². The van der Waals surface area contributed by atoms with Crippen molar-refractivity contribution >= 4 is 18.0 Å². The van der Waals surface area contributed by atoms with E-state index in [-0.39, 0.29) is 12.0 Å². The Morgan fingerprint density at radius 1 is 1.32 bits per heavy atom. The maximum Gasteiger partial charge on any atom is 0.417 e. The molecule has 4 aliphatic rings. The van der Waals surface area contributed by atoms with Crippen LogP contribution in [-0.4, -0.2) is 40.8 Å². The van der Waals surface area contributed by atoms with E-state index in [0.717, 1.165) is 24.8 Å². The van der Waals surface area contributed by atoms with Gasteiger partial charge in [0.05, 0.1) is 17.9 Å². The predicted octanol–water partition coefficient (Wildman–Crippen LogP) is 3.22. The summed E-state index contributed by atoms with van der Waals surface area (Å²) >= 11 is 0. The number of carbonyl (C=O) groups excluding carboxylic acids is 3. The molecule has 1 saturated heterocycles. The number of amides is 2. The minimum atomic E-state index is -0.845. The Hall–Kier alpha value is -2.57. The van der Waals surface area contributed by atoms with Crippen molar-refractivity contribution in [2.75, 3.05) is 0 Å². The van der Waals surface area contributed by atoms with Crippen LogP contribution in [0.1, 0.15) is 47.0 Å². The molecule has 2 fully saturated rings. The van der Waals surface area contributed by atoms with Crippen LogP contribution < -0.4 is 0 Å². The van der Waals surface area contributed by atoms with E-state index in [1.54, 1.807) is 33.8 Å². The summed E-state index contributed by atoms with van der Waals surface area (Å²) in [6.45, 7) is 6.97. The number of fused-ring (bicyclic) bond motifs is 3. The SMILES string of the molecule is CC1=CC(O/C=C2/C(=O)N(C(=O)OC(C)(C)C)[C@@H]3C4=CCC[C@H]4C[C@H]23)OC1=O. The van der Waals surface area contributed by atoms with Gasteiger partial charge in [-0.25, -0.2) is 14.5 Å². The molecule has 2 aliphatic heterocycles. The number of likely N-dealkylation sites (tertiary alicyclic amines) is 1. The molecule has 0 aromatic heterocycles. The Balaban J connectivity index is 1.61. The monoisotopic (exact) mass is 387 g/mol. The van der Waals surface area contributed by atoms with E-state index in [2.05, 4.69) is 6.08 Å². The highest BCUT2D eigenvalue weighted by atomic mass is 16.7. The van der Waals surface area contributed by atoms with Gasteiger partial charge in [-0.05, 0) is 58.4 Å². The van der Waals surface area contributed by atoms with Crippen LogP contribution in [0.3, 0.4) is 0 Å². The number of cyclic esters (lactones) is 1. The summed E-state index contributed by atoms with van der Waals surface area (Å²) in [5, 5.41) is 0. The minimum Gasteiger partial charge on any atom is -0.458 e.